The van der Waals surface area contributed by atoms with Crippen LogP contribution in [0.15, 0.2) is 36.8 Å². The van der Waals surface area contributed by atoms with Crippen molar-refractivity contribution in [3.63, 3.8) is 0 Å². The van der Waals surface area contributed by atoms with Gasteiger partial charge in [-0.05, 0) is 24.6 Å². The molecule has 1 heterocycles. The molecule has 0 saturated carbocycles. The maximum Gasteiger partial charge on any atom is 0.0398 e. The van der Waals surface area contributed by atoms with Gasteiger partial charge in [0.15, 0.2) is 0 Å². The van der Waals surface area contributed by atoms with Crippen LogP contribution in [-0.2, 0) is 6.54 Å². The number of allylic oxidation sites excluding steroid dienone is 1. The fourth-order valence-electron chi connectivity index (χ4n) is 0.754. The molecule has 1 aromatic heterocycles. The molecule has 0 unspecified atom stereocenters. The first-order valence-electron chi connectivity index (χ1n) is 3.57. The third-order valence-corrected chi connectivity index (χ3v) is 1.34. The quantitative estimate of drug-likeness (QED) is 0.705. The predicted octanol–water partition coefficient (Wildman–Crippen LogP) is 1.70. The van der Waals surface area contributed by atoms with E-state index in [0.29, 0.717) is 0 Å². The Bertz CT molecular complexity index is 229. The molecule has 0 saturated heterocycles. The smallest absolute Gasteiger partial charge is 0.0398 e. The largest absolute Gasteiger partial charge is 0.385 e. The van der Waals surface area contributed by atoms with Gasteiger partial charge in [0.1, 0.15) is 0 Å². The van der Waals surface area contributed by atoms with Gasteiger partial charge in [0, 0.05) is 24.6 Å². The number of nitrogens with one attached hydrogen (secondary N) is 1. The highest BCUT2D eigenvalue weighted by Crippen LogP contribution is 1.95. The third-order valence-electron chi connectivity index (χ3n) is 1.34. The molecular weight excluding hydrogens is 136 g/mol. The van der Waals surface area contributed by atoms with E-state index in [2.05, 4.69) is 16.9 Å². The molecule has 0 aliphatic heterocycles. The first-order valence-corrected chi connectivity index (χ1v) is 3.57. The van der Waals surface area contributed by atoms with Crippen LogP contribution in [0.5, 0.6) is 0 Å². The van der Waals surface area contributed by atoms with Gasteiger partial charge in [-0.1, -0.05) is 6.58 Å². The Morgan fingerprint density at radius 2 is 2.18 bits per heavy atom. The van der Waals surface area contributed by atoms with Crippen LogP contribution in [0.1, 0.15) is 12.5 Å². The lowest BCUT2D eigenvalue weighted by Gasteiger charge is -2.03. The second kappa shape index (κ2) is 3.76. The first kappa shape index (κ1) is 7.79. The van der Waals surface area contributed by atoms with E-state index >= 15 is 0 Å². The molecule has 11 heavy (non-hydrogen) atoms. The van der Waals surface area contributed by atoms with E-state index < -0.39 is 0 Å². The Morgan fingerprint density at radius 3 is 2.73 bits per heavy atom. The van der Waals surface area contributed by atoms with Crippen molar-refractivity contribution in [2.45, 2.75) is 13.5 Å². The molecule has 0 fully saturated rings. The Hall–Kier alpha value is -1.31. The summed E-state index contributed by atoms with van der Waals surface area (Å²) in [7, 11) is 0. The summed E-state index contributed by atoms with van der Waals surface area (Å²) in [6, 6.07) is 3.96. The molecule has 0 spiro atoms. The average Bonchev–Trinajstić information content (AvgIpc) is 2.03. The number of rotatable bonds is 3. The molecule has 2 nitrogen and oxygen atoms in total. The van der Waals surface area contributed by atoms with Crippen molar-refractivity contribution in [2.24, 2.45) is 0 Å². The minimum atomic E-state index is 0.831. The normalized spacial score (nSPS) is 9.18. The Morgan fingerprint density at radius 1 is 1.55 bits per heavy atom. The van der Waals surface area contributed by atoms with Gasteiger partial charge in [0.25, 0.3) is 0 Å². The SMILES string of the molecule is C=C(C)NCc1ccncc1. The van der Waals surface area contributed by atoms with Crippen LogP contribution in [0, 0.1) is 0 Å². The standard InChI is InChI=1S/C9H12N2/c1-8(2)11-7-9-3-5-10-6-4-9/h3-6,11H,1,7H2,2H3. The molecule has 0 radical (unpaired) electrons. The van der Waals surface area contributed by atoms with Crippen molar-refractivity contribution in [1.29, 1.82) is 0 Å². The van der Waals surface area contributed by atoms with E-state index in [0.717, 1.165) is 12.2 Å². The number of hydrogen-bond acceptors (Lipinski definition) is 2. The predicted molar refractivity (Wildman–Crippen MR) is 45.9 cm³/mol. The van der Waals surface area contributed by atoms with E-state index in [1.165, 1.54) is 5.56 Å². The topological polar surface area (TPSA) is 24.9 Å². The summed E-state index contributed by atoms with van der Waals surface area (Å²) in [5.41, 5.74) is 2.21. The molecule has 0 amide bonds. The highest BCUT2D eigenvalue weighted by atomic mass is 14.9. The number of aromatic nitrogens is 1. The lowest BCUT2D eigenvalue weighted by Crippen LogP contribution is -2.08. The Balaban J connectivity index is 2.45. The highest BCUT2D eigenvalue weighted by Gasteiger charge is 1.88. The second-order valence-electron chi connectivity index (χ2n) is 2.49. The molecule has 0 aromatic carbocycles. The lowest BCUT2D eigenvalue weighted by atomic mass is 10.3. The van der Waals surface area contributed by atoms with Crippen LogP contribution in [0.2, 0.25) is 0 Å². The number of nitrogens with zero attached hydrogens (tertiary/aromatic N) is 1. The molecule has 0 atom stereocenters. The van der Waals surface area contributed by atoms with Gasteiger partial charge in [-0.25, -0.2) is 0 Å². The summed E-state index contributed by atoms with van der Waals surface area (Å²) in [5.74, 6) is 0. The van der Waals surface area contributed by atoms with Gasteiger partial charge in [-0.15, -0.1) is 0 Å². The van der Waals surface area contributed by atoms with Crippen molar-refractivity contribution >= 4 is 0 Å². The van der Waals surface area contributed by atoms with Gasteiger partial charge in [0.2, 0.25) is 0 Å². The number of pyridine rings is 1. The van der Waals surface area contributed by atoms with E-state index in [9.17, 15) is 0 Å². The van der Waals surface area contributed by atoms with Crippen molar-refractivity contribution in [3.05, 3.63) is 42.4 Å². The van der Waals surface area contributed by atoms with Crippen LogP contribution >= 0.6 is 0 Å². The maximum absolute atomic E-state index is 3.92. The number of hydrogen-bond donors (Lipinski definition) is 1. The molecule has 0 bridgehead atoms. The molecule has 1 rings (SSSR count). The summed E-state index contributed by atoms with van der Waals surface area (Å²) < 4.78 is 0. The van der Waals surface area contributed by atoms with E-state index in [1.807, 2.05) is 19.1 Å². The van der Waals surface area contributed by atoms with Gasteiger partial charge in [0.05, 0.1) is 0 Å². The monoisotopic (exact) mass is 148 g/mol. The molecular formula is C9H12N2. The lowest BCUT2D eigenvalue weighted by molar-refractivity contribution is 0.814. The molecule has 1 N–H and O–H groups in total. The first-order chi connectivity index (χ1) is 5.29. The fraction of sp³-hybridized carbons (Fsp3) is 0.222. The molecule has 1 aromatic rings. The zero-order valence-corrected chi connectivity index (χ0v) is 6.67. The second-order valence-corrected chi connectivity index (χ2v) is 2.49. The molecule has 0 aliphatic rings. The summed E-state index contributed by atoms with van der Waals surface area (Å²) >= 11 is 0. The third kappa shape index (κ3) is 2.85. The fourth-order valence-corrected chi connectivity index (χ4v) is 0.754. The van der Waals surface area contributed by atoms with Crippen molar-refractivity contribution in [1.82, 2.24) is 10.3 Å². The van der Waals surface area contributed by atoms with Crippen molar-refractivity contribution < 1.29 is 0 Å². The zero-order chi connectivity index (χ0) is 8.10. The molecule has 0 aliphatic carbocycles. The van der Waals surface area contributed by atoms with Crippen LogP contribution in [0.25, 0.3) is 0 Å². The molecule has 58 valence electrons. The van der Waals surface area contributed by atoms with Gasteiger partial charge in [-0.2, -0.15) is 0 Å². The van der Waals surface area contributed by atoms with E-state index in [1.54, 1.807) is 12.4 Å². The molecule has 2 heteroatoms. The van der Waals surface area contributed by atoms with Gasteiger partial charge < -0.3 is 5.32 Å². The van der Waals surface area contributed by atoms with Crippen molar-refractivity contribution in [3.8, 4) is 0 Å². The van der Waals surface area contributed by atoms with Crippen LogP contribution in [0.3, 0.4) is 0 Å². The van der Waals surface area contributed by atoms with E-state index in [-0.39, 0.29) is 0 Å². The van der Waals surface area contributed by atoms with Crippen LogP contribution in [0.4, 0.5) is 0 Å². The van der Waals surface area contributed by atoms with Crippen LogP contribution in [-0.4, -0.2) is 4.98 Å². The summed E-state index contributed by atoms with van der Waals surface area (Å²) in [6.45, 7) is 6.52. The highest BCUT2D eigenvalue weighted by molar-refractivity contribution is 5.10. The summed E-state index contributed by atoms with van der Waals surface area (Å²) in [4.78, 5) is 3.92. The zero-order valence-electron chi connectivity index (χ0n) is 6.67. The van der Waals surface area contributed by atoms with Gasteiger partial charge in [-0.3, -0.25) is 4.98 Å². The average molecular weight is 148 g/mol. The van der Waals surface area contributed by atoms with Crippen molar-refractivity contribution in [2.75, 3.05) is 0 Å². The Labute approximate surface area is 67.0 Å². The van der Waals surface area contributed by atoms with E-state index in [4.69, 9.17) is 0 Å². The minimum Gasteiger partial charge on any atom is -0.385 e. The van der Waals surface area contributed by atoms with Gasteiger partial charge >= 0.3 is 0 Å². The summed E-state index contributed by atoms with van der Waals surface area (Å²) in [6.07, 6.45) is 3.57. The minimum absolute atomic E-state index is 0.831. The van der Waals surface area contributed by atoms with Crippen LogP contribution < -0.4 is 5.32 Å². The summed E-state index contributed by atoms with van der Waals surface area (Å²) in [5, 5.41) is 3.14. The maximum atomic E-state index is 3.92. The Kier molecular flexibility index (Phi) is 2.66.